The van der Waals surface area contributed by atoms with Crippen LogP contribution in [0.2, 0.25) is 0 Å². The molecule has 1 unspecified atom stereocenters. The maximum Gasteiger partial charge on any atom is 0.387 e. The molecule has 0 aliphatic rings. The van der Waals surface area contributed by atoms with E-state index < -0.39 is 35.5 Å². The zero-order chi connectivity index (χ0) is 22.0. The van der Waals surface area contributed by atoms with Gasteiger partial charge in [0.2, 0.25) is 0 Å². The monoisotopic (exact) mass is 447 g/mol. The molecule has 0 spiro atoms. The summed E-state index contributed by atoms with van der Waals surface area (Å²) in [5.74, 6) is -0.575. The summed E-state index contributed by atoms with van der Waals surface area (Å²) in [6.45, 7) is -2.88. The second-order valence-electron chi connectivity index (χ2n) is 6.15. The SMILES string of the molecule is COc1c(C)cnc(CS(=O)c2nc3cc(OC(F)F)c(OC(F)F)cc3[nH]2)c1C. The van der Waals surface area contributed by atoms with Gasteiger partial charge in [0, 0.05) is 29.5 Å². The van der Waals surface area contributed by atoms with Gasteiger partial charge in [-0.1, -0.05) is 0 Å². The van der Waals surface area contributed by atoms with E-state index in [9.17, 15) is 21.8 Å². The van der Waals surface area contributed by atoms with Crippen molar-refractivity contribution in [2.45, 2.75) is 38.0 Å². The fraction of sp³-hybridized carbons (Fsp3) is 0.333. The third kappa shape index (κ3) is 4.64. The summed E-state index contributed by atoms with van der Waals surface area (Å²) in [7, 11) is -0.170. The number of methoxy groups -OCH3 is 1. The molecule has 0 bridgehead atoms. The second kappa shape index (κ2) is 8.86. The van der Waals surface area contributed by atoms with Crippen molar-refractivity contribution >= 4 is 21.8 Å². The van der Waals surface area contributed by atoms with Crippen molar-refractivity contribution in [1.82, 2.24) is 15.0 Å². The Kier molecular flexibility index (Phi) is 6.44. The number of aryl methyl sites for hydroxylation is 1. The molecule has 3 rings (SSSR count). The number of rotatable bonds is 8. The minimum atomic E-state index is -3.25. The van der Waals surface area contributed by atoms with Crippen LogP contribution in [0.25, 0.3) is 11.0 Å². The third-order valence-corrected chi connectivity index (χ3v) is 5.35. The number of alkyl halides is 4. The largest absolute Gasteiger partial charge is 0.496 e. The minimum absolute atomic E-state index is 0.00305. The number of pyridine rings is 1. The molecule has 0 aliphatic carbocycles. The Morgan fingerprint density at radius 2 is 1.73 bits per heavy atom. The van der Waals surface area contributed by atoms with Crippen LogP contribution in [-0.2, 0) is 16.6 Å². The summed E-state index contributed by atoms with van der Waals surface area (Å²) >= 11 is 0. The van der Waals surface area contributed by atoms with Gasteiger partial charge in [-0.2, -0.15) is 17.6 Å². The van der Waals surface area contributed by atoms with Crippen LogP contribution in [0.1, 0.15) is 16.8 Å². The summed E-state index contributed by atoms with van der Waals surface area (Å²) in [4.78, 5) is 11.1. The van der Waals surface area contributed by atoms with Crippen molar-refractivity contribution in [2.75, 3.05) is 7.11 Å². The van der Waals surface area contributed by atoms with Crippen LogP contribution in [-0.4, -0.2) is 39.5 Å². The molecule has 7 nitrogen and oxygen atoms in total. The highest BCUT2D eigenvalue weighted by Crippen LogP contribution is 2.34. The highest BCUT2D eigenvalue weighted by molar-refractivity contribution is 7.84. The average Bonchev–Trinajstić information content (AvgIpc) is 3.06. The van der Waals surface area contributed by atoms with Crippen LogP contribution in [0.15, 0.2) is 23.5 Å². The zero-order valence-corrected chi connectivity index (χ0v) is 16.9. The number of imidazole rings is 1. The Morgan fingerprint density at radius 1 is 1.10 bits per heavy atom. The van der Waals surface area contributed by atoms with Crippen LogP contribution in [0, 0.1) is 13.8 Å². The zero-order valence-electron chi connectivity index (χ0n) is 16.0. The molecule has 0 radical (unpaired) electrons. The lowest BCUT2D eigenvalue weighted by Crippen LogP contribution is -2.07. The first-order valence-corrected chi connectivity index (χ1v) is 9.82. The van der Waals surface area contributed by atoms with Crippen molar-refractivity contribution < 1.29 is 36.0 Å². The van der Waals surface area contributed by atoms with Crippen molar-refractivity contribution in [1.29, 1.82) is 0 Å². The van der Waals surface area contributed by atoms with Crippen LogP contribution in [0.5, 0.6) is 17.2 Å². The molecule has 0 saturated heterocycles. The van der Waals surface area contributed by atoms with Crippen LogP contribution < -0.4 is 14.2 Å². The molecule has 1 atom stereocenters. The predicted octanol–water partition coefficient (Wildman–Crippen LogP) is 4.09. The standard InChI is InChI=1S/C18H17F4N3O4S/c1-8-6-23-12(9(2)15(8)27-3)7-30(26)18-24-10-4-13(28-16(19)20)14(29-17(21)22)5-11(10)25-18/h4-6,16-17H,7H2,1-3H3,(H,24,25). The van der Waals surface area contributed by atoms with Gasteiger partial charge >= 0.3 is 13.2 Å². The van der Waals surface area contributed by atoms with Gasteiger partial charge in [-0.05, 0) is 13.8 Å². The first kappa shape index (κ1) is 21.8. The maximum atomic E-state index is 12.8. The van der Waals surface area contributed by atoms with Crippen molar-refractivity contribution in [3.8, 4) is 17.2 Å². The van der Waals surface area contributed by atoms with Gasteiger partial charge in [0.05, 0.1) is 40.4 Å². The van der Waals surface area contributed by atoms with E-state index in [4.69, 9.17) is 4.74 Å². The van der Waals surface area contributed by atoms with Crippen molar-refractivity contribution in [2.24, 2.45) is 0 Å². The topological polar surface area (TPSA) is 86.3 Å². The van der Waals surface area contributed by atoms with E-state index in [0.29, 0.717) is 11.4 Å². The Morgan fingerprint density at radius 3 is 2.33 bits per heavy atom. The van der Waals surface area contributed by atoms with Crippen LogP contribution in [0.3, 0.4) is 0 Å². The molecule has 0 saturated carbocycles. The number of hydrogen-bond acceptors (Lipinski definition) is 6. The van der Waals surface area contributed by atoms with Crippen LogP contribution >= 0.6 is 0 Å². The van der Waals surface area contributed by atoms with E-state index in [-0.39, 0.29) is 21.9 Å². The van der Waals surface area contributed by atoms with E-state index in [2.05, 4.69) is 24.4 Å². The predicted molar refractivity (Wildman–Crippen MR) is 99.7 cm³/mol. The Bertz CT molecular complexity index is 1040. The number of benzene rings is 1. The quantitative estimate of drug-likeness (QED) is 0.524. The fourth-order valence-corrected chi connectivity index (χ4v) is 3.99. The number of H-pyrrole nitrogens is 1. The minimum Gasteiger partial charge on any atom is -0.496 e. The smallest absolute Gasteiger partial charge is 0.387 e. The fourth-order valence-electron chi connectivity index (χ4n) is 2.89. The number of aromatic nitrogens is 3. The number of hydrogen-bond donors (Lipinski definition) is 1. The first-order valence-electron chi connectivity index (χ1n) is 8.50. The van der Waals surface area contributed by atoms with Gasteiger partial charge in [-0.25, -0.2) is 4.98 Å². The van der Waals surface area contributed by atoms with Crippen molar-refractivity contribution in [3.63, 3.8) is 0 Å². The number of ether oxygens (including phenoxy) is 3. The molecule has 1 N–H and O–H groups in total. The highest BCUT2D eigenvalue weighted by Gasteiger charge is 2.20. The van der Waals surface area contributed by atoms with Gasteiger partial charge in [-0.15, -0.1) is 0 Å². The molecule has 2 heterocycles. The molecule has 162 valence electrons. The average molecular weight is 447 g/mol. The molecule has 12 heteroatoms. The Hall–Kier alpha value is -2.89. The van der Waals surface area contributed by atoms with E-state index in [1.54, 1.807) is 13.1 Å². The molecule has 0 fully saturated rings. The van der Waals surface area contributed by atoms with Gasteiger partial charge in [0.1, 0.15) is 5.75 Å². The molecule has 0 amide bonds. The highest BCUT2D eigenvalue weighted by atomic mass is 32.2. The molecule has 1 aromatic carbocycles. The Balaban J connectivity index is 1.94. The molecular weight excluding hydrogens is 430 g/mol. The summed E-state index contributed by atoms with van der Waals surface area (Å²) in [5.41, 5.74) is 2.34. The number of aromatic amines is 1. The van der Waals surface area contributed by atoms with Crippen LogP contribution in [0.4, 0.5) is 17.6 Å². The van der Waals surface area contributed by atoms with Gasteiger partial charge in [0.15, 0.2) is 16.7 Å². The molecule has 0 aliphatic heterocycles. The van der Waals surface area contributed by atoms with Gasteiger partial charge in [-0.3, -0.25) is 9.19 Å². The number of nitrogens with zero attached hydrogens (tertiary/aromatic N) is 2. The lowest BCUT2D eigenvalue weighted by atomic mass is 10.1. The second-order valence-corrected chi connectivity index (χ2v) is 7.52. The van der Waals surface area contributed by atoms with Gasteiger partial charge in [0.25, 0.3) is 0 Å². The van der Waals surface area contributed by atoms with Crippen molar-refractivity contribution in [3.05, 3.63) is 35.2 Å². The van der Waals surface area contributed by atoms with E-state index >= 15 is 0 Å². The molecule has 2 aromatic heterocycles. The van der Waals surface area contributed by atoms with E-state index in [1.165, 1.54) is 7.11 Å². The van der Waals surface area contributed by atoms with Gasteiger partial charge < -0.3 is 19.2 Å². The lowest BCUT2D eigenvalue weighted by molar-refractivity contribution is -0.0690. The maximum absolute atomic E-state index is 12.8. The van der Waals surface area contributed by atoms with E-state index in [0.717, 1.165) is 23.3 Å². The number of halogens is 4. The summed E-state index contributed by atoms with van der Waals surface area (Å²) in [5, 5.41) is 0.0166. The molecular formula is C18H17F4N3O4S. The molecule has 30 heavy (non-hydrogen) atoms. The van der Waals surface area contributed by atoms with E-state index in [1.807, 2.05) is 6.92 Å². The normalized spacial score (nSPS) is 12.6. The Labute approximate surface area is 170 Å². The lowest BCUT2D eigenvalue weighted by Gasteiger charge is -2.11. The summed E-state index contributed by atoms with van der Waals surface area (Å²) < 4.78 is 76.9. The third-order valence-electron chi connectivity index (χ3n) is 4.19. The first-order chi connectivity index (χ1) is 14.2. The summed E-state index contributed by atoms with van der Waals surface area (Å²) in [6.07, 6.45) is 1.60. The molecule has 3 aromatic rings. The number of fused-ring (bicyclic) bond motifs is 1. The summed E-state index contributed by atoms with van der Waals surface area (Å²) in [6, 6.07) is 2.04. The number of nitrogens with one attached hydrogen (secondary N) is 1.